The van der Waals surface area contributed by atoms with Crippen molar-refractivity contribution < 1.29 is 14.6 Å². The molecule has 29 heavy (non-hydrogen) atoms. The molecule has 0 amide bonds. The van der Waals surface area contributed by atoms with Crippen molar-refractivity contribution in [2.45, 2.75) is 76.2 Å². The number of halogens is 1. The zero-order chi connectivity index (χ0) is 20.8. The van der Waals surface area contributed by atoms with Gasteiger partial charge in [0.05, 0.1) is 17.9 Å². The van der Waals surface area contributed by atoms with Crippen molar-refractivity contribution in [3.8, 4) is 0 Å². The average Bonchev–Trinajstić information content (AvgIpc) is 2.95. The molecule has 4 unspecified atom stereocenters. The molecular weight excluding hydrogens is 367 g/mol. The lowest BCUT2D eigenvalue weighted by Crippen LogP contribution is -2.44. The molecule has 0 spiro atoms. The number of pyridine rings is 1. The van der Waals surface area contributed by atoms with Gasteiger partial charge in [0, 0.05) is 18.3 Å². The third-order valence-corrected chi connectivity index (χ3v) is 6.28. The lowest BCUT2D eigenvalue weighted by molar-refractivity contribution is 0.0294. The number of hydrogen-bond acceptors (Lipinski definition) is 4. The summed E-state index contributed by atoms with van der Waals surface area (Å²) >= 11 is 0. The van der Waals surface area contributed by atoms with Crippen LogP contribution < -0.4 is 0 Å². The van der Waals surface area contributed by atoms with E-state index in [1.54, 1.807) is 12.3 Å². The molecule has 2 N–H and O–H groups in total. The lowest BCUT2D eigenvalue weighted by atomic mass is 9.94. The molecule has 5 rings (SSSR count). The van der Waals surface area contributed by atoms with Gasteiger partial charge in [0.25, 0.3) is 0 Å². The Bertz CT molecular complexity index is 768. The van der Waals surface area contributed by atoms with Crippen molar-refractivity contribution in [1.29, 1.82) is 0 Å². The highest BCUT2D eigenvalue weighted by molar-refractivity contribution is 5.23. The highest BCUT2D eigenvalue weighted by atomic mass is 19.1. The van der Waals surface area contributed by atoms with Crippen LogP contribution in [0.5, 0.6) is 0 Å². The predicted octanol–water partition coefficient (Wildman–Crippen LogP) is 4.19. The summed E-state index contributed by atoms with van der Waals surface area (Å²) in [5.41, 5.74) is 3.06. The Labute approximate surface area is 173 Å². The van der Waals surface area contributed by atoms with Gasteiger partial charge < -0.3 is 10.2 Å². The monoisotopic (exact) mass is 400 g/mol. The molecule has 4 atom stereocenters. The molecule has 2 bridgehead atoms. The smallest absolute Gasteiger partial charge is 0.123 e. The van der Waals surface area contributed by atoms with Crippen LogP contribution >= 0.6 is 0 Å². The zero-order valence-corrected chi connectivity index (χ0v) is 17.5. The Balaban J connectivity index is 0.000000126. The van der Waals surface area contributed by atoms with Crippen molar-refractivity contribution >= 4 is 0 Å². The number of fused-ring (bicyclic) bond motifs is 3. The van der Waals surface area contributed by atoms with Crippen LogP contribution in [0.25, 0.3) is 0 Å². The van der Waals surface area contributed by atoms with E-state index >= 15 is 0 Å². The fourth-order valence-corrected chi connectivity index (χ4v) is 4.60. The maximum Gasteiger partial charge on any atom is 0.123 e. The second-order valence-electron chi connectivity index (χ2n) is 8.36. The zero-order valence-electron chi connectivity index (χ0n) is 17.5. The van der Waals surface area contributed by atoms with E-state index < -0.39 is 0 Å². The number of likely N-dealkylation sites (N-methyl/N-ethyl adjacent to an activating group) is 1. The van der Waals surface area contributed by atoms with Crippen molar-refractivity contribution in [3.63, 3.8) is 0 Å². The van der Waals surface area contributed by atoms with Gasteiger partial charge in [-0.3, -0.25) is 9.88 Å². The molecule has 2 fully saturated rings. The summed E-state index contributed by atoms with van der Waals surface area (Å²) in [5, 5.41) is 19.0. The SMILES string of the molecule is CN1C2CCC(O)C1CC2.Cc1cccc(F)c1.OC1CCCc2cccnc21. The van der Waals surface area contributed by atoms with Crippen molar-refractivity contribution in [3.05, 3.63) is 65.2 Å². The van der Waals surface area contributed by atoms with E-state index in [2.05, 4.69) is 16.9 Å². The summed E-state index contributed by atoms with van der Waals surface area (Å²) in [7, 11) is 2.14. The summed E-state index contributed by atoms with van der Waals surface area (Å²) in [4.78, 5) is 6.51. The van der Waals surface area contributed by atoms with Crippen LogP contribution in [0.15, 0.2) is 42.6 Å². The molecule has 1 aromatic heterocycles. The van der Waals surface area contributed by atoms with Gasteiger partial charge in [-0.05, 0) is 88.2 Å². The van der Waals surface area contributed by atoms with Crippen LogP contribution in [0, 0.1) is 12.7 Å². The average molecular weight is 401 g/mol. The van der Waals surface area contributed by atoms with E-state index in [1.165, 1.54) is 37.0 Å². The van der Waals surface area contributed by atoms with Gasteiger partial charge >= 0.3 is 0 Å². The minimum absolute atomic E-state index is 0.0382. The largest absolute Gasteiger partial charge is 0.391 e. The van der Waals surface area contributed by atoms with Gasteiger partial charge in [0.2, 0.25) is 0 Å². The molecule has 4 nitrogen and oxygen atoms in total. The quantitative estimate of drug-likeness (QED) is 0.696. The van der Waals surface area contributed by atoms with Crippen LogP contribution in [0.4, 0.5) is 4.39 Å². The first-order valence-electron chi connectivity index (χ1n) is 10.7. The molecule has 158 valence electrons. The van der Waals surface area contributed by atoms with Crippen LogP contribution in [0.1, 0.15) is 61.4 Å². The first-order valence-corrected chi connectivity index (χ1v) is 10.7. The lowest BCUT2D eigenvalue weighted by Gasteiger charge is -2.34. The molecule has 1 aromatic carbocycles. The van der Waals surface area contributed by atoms with E-state index in [4.69, 9.17) is 0 Å². The van der Waals surface area contributed by atoms with Crippen molar-refractivity contribution in [1.82, 2.24) is 9.88 Å². The Hall–Kier alpha value is -1.82. The maximum atomic E-state index is 12.2. The Morgan fingerprint density at radius 2 is 1.83 bits per heavy atom. The molecule has 5 heteroatoms. The van der Waals surface area contributed by atoms with Gasteiger partial charge in [-0.15, -0.1) is 0 Å². The van der Waals surface area contributed by atoms with Crippen molar-refractivity contribution in [2.24, 2.45) is 0 Å². The van der Waals surface area contributed by atoms with Gasteiger partial charge in [0.15, 0.2) is 0 Å². The van der Waals surface area contributed by atoms with Crippen LogP contribution in [-0.4, -0.2) is 45.3 Å². The number of hydrogen-bond donors (Lipinski definition) is 2. The number of aliphatic hydroxyl groups excluding tert-OH is 2. The number of nitrogens with zero attached hydrogens (tertiary/aromatic N) is 2. The maximum absolute atomic E-state index is 12.2. The van der Waals surface area contributed by atoms with Crippen molar-refractivity contribution in [2.75, 3.05) is 7.05 Å². The van der Waals surface area contributed by atoms with Gasteiger partial charge in [0.1, 0.15) is 5.82 Å². The van der Waals surface area contributed by atoms with E-state index in [1.807, 2.05) is 25.1 Å². The van der Waals surface area contributed by atoms with Crippen LogP contribution in [0.3, 0.4) is 0 Å². The molecule has 1 aliphatic carbocycles. The van der Waals surface area contributed by atoms with Crippen LogP contribution in [-0.2, 0) is 6.42 Å². The first kappa shape index (κ1) is 21.9. The number of aryl methyl sites for hydroxylation is 2. The number of rotatable bonds is 0. The van der Waals surface area contributed by atoms with E-state index in [-0.39, 0.29) is 18.0 Å². The molecular formula is C24H33FN2O2. The second-order valence-corrected chi connectivity index (χ2v) is 8.36. The number of piperidine rings is 1. The molecule has 3 heterocycles. The third-order valence-electron chi connectivity index (χ3n) is 6.28. The Kier molecular flexibility index (Phi) is 7.76. The topological polar surface area (TPSA) is 56.6 Å². The summed E-state index contributed by atoms with van der Waals surface area (Å²) in [5.74, 6) is -0.162. The normalized spacial score (nSPS) is 27.8. The first-order chi connectivity index (χ1) is 14.0. The van der Waals surface area contributed by atoms with Gasteiger partial charge in [-0.25, -0.2) is 4.39 Å². The van der Waals surface area contributed by atoms with Gasteiger partial charge in [-0.1, -0.05) is 18.2 Å². The highest BCUT2D eigenvalue weighted by Crippen LogP contribution is 2.33. The fraction of sp³-hybridized carbons (Fsp3) is 0.542. The Morgan fingerprint density at radius 3 is 2.48 bits per heavy atom. The number of benzene rings is 1. The molecule has 2 saturated heterocycles. The second kappa shape index (κ2) is 10.3. The predicted molar refractivity (Wildman–Crippen MR) is 113 cm³/mol. The third kappa shape index (κ3) is 5.84. The summed E-state index contributed by atoms with van der Waals surface area (Å²) in [6, 6.07) is 11.7. The summed E-state index contributed by atoms with van der Waals surface area (Å²) < 4.78 is 12.2. The highest BCUT2D eigenvalue weighted by Gasteiger charge is 2.38. The molecule has 2 aliphatic heterocycles. The standard InChI is InChI=1S/C9H11NO.C8H15NO.C7H7F/c11-8-5-1-3-7-4-2-6-10-9(7)8;1-9-6-2-4-7(9)8(10)5-3-6;1-6-3-2-4-7(8)5-6/h2,4,6,8,11H,1,3,5H2;6-8,10H,2-5H2,1H3;2-5H,1H3. The van der Waals surface area contributed by atoms with E-state index in [0.717, 1.165) is 43.0 Å². The fourth-order valence-electron chi connectivity index (χ4n) is 4.60. The molecule has 3 aliphatic rings. The number of aliphatic hydroxyl groups is 2. The summed E-state index contributed by atoms with van der Waals surface area (Å²) in [6.45, 7) is 1.86. The number of aromatic nitrogens is 1. The van der Waals surface area contributed by atoms with Crippen LogP contribution in [0.2, 0.25) is 0 Å². The van der Waals surface area contributed by atoms with E-state index in [0.29, 0.717) is 6.04 Å². The van der Waals surface area contributed by atoms with E-state index in [9.17, 15) is 14.6 Å². The minimum atomic E-state index is -0.319. The molecule has 0 saturated carbocycles. The summed E-state index contributed by atoms with van der Waals surface area (Å²) in [6.07, 6.45) is 9.15. The Morgan fingerprint density at radius 1 is 1.03 bits per heavy atom. The molecule has 2 aromatic rings. The minimum Gasteiger partial charge on any atom is -0.391 e. The molecule has 0 radical (unpaired) electrons. The van der Waals surface area contributed by atoms with Gasteiger partial charge in [-0.2, -0.15) is 0 Å².